The lowest BCUT2D eigenvalue weighted by molar-refractivity contribution is -0.385. The number of nitrogens with zero attached hydrogens (tertiary/aromatic N) is 2. The molecule has 0 amide bonds. The standard InChI is InChI=1S/C10H16N4O2S/c1-13(2)3-4-17-10-6-8(12-11)5-9(7-10)14(15)16/h5-7,12H,3-4,11H2,1-2H3. The fourth-order valence-electron chi connectivity index (χ4n) is 1.20. The molecule has 94 valence electrons. The fourth-order valence-corrected chi connectivity index (χ4v) is 2.31. The first-order chi connectivity index (χ1) is 8.02. The van der Waals surface area contributed by atoms with E-state index in [1.165, 1.54) is 6.07 Å². The Morgan fingerprint density at radius 3 is 2.71 bits per heavy atom. The number of nitro benzene ring substituents is 1. The van der Waals surface area contributed by atoms with Crippen LogP contribution in [0, 0.1) is 10.1 Å². The predicted octanol–water partition coefficient (Wildman–Crippen LogP) is 1.53. The average Bonchev–Trinajstić information content (AvgIpc) is 2.28. The van der Waals surface area contributed by atoms with Crippen LogP contribution in [0.5, 0.6) is 0 Å². The van der Waals surface area contributed by atoms with E-state index in [-0.39, 0.29) is 5.69 Å². The summed E-state index contributed by atoms with van der Waals surface area (Å²) in [5, 5.41) is 10.7. The minimum absolute atomic E-state index is 0.0489. The summed E-state index contributed by atoms with van der Waals surface area (Å²) in [7, 11) is 3.97. The van der Waals surface area contributed by atoms with Gasteiger partial charge in [-0.3, -0.25) is 16.0 Å². The summed E-state index contributed by atoms with van der Waals surface area (Å²) in [6.45, 7) is 0.915. The predicted molar refractivity (Wildman–Crippen MR) is 70.2 cm³/mol. The molecule has 6 nitrogen and oxygen atoms in total. The van der Waals surface area contributed by atoms with Crippen LogP contribution in [0.25, 0.3) is 0 Å². The fraction of sp³-hybridized carbons (Fsp3) is 0.400. The van der Waals surface area contributed by atoms with Crippen LogP contribution < -0.4 is 11.3 Å². The molecular formula is C10H16N4O2S. The van der Waals surface area contributed by atoms with Crippen molar-refractivity contribution >= 4 is 23.1 Å². The number of benzene rings is 1. The van der Waals surface area contributed by atoms with Crippen molar-refractivity contribution in [2.75, 3.05) is 31.8 Å². The van der Waals surface area contributed by atoms with Gasteiger partial charge in [0, 0.05) is 29.3 Å². The van der Waals surface area contributed by atoms with E-state index in [4.69, 9.17) is 5.84 Å². The third kappa shape index (κ3) is 4.59. The molecule has 0 fully saturated rings. The molecule has 0 spiro atoms. The van der Waals surface area contributed by atoms with Gasteiger partial charge in [-0.2, -0.15) is 0 Å². The number of hydrogen-bond donors (Lipinski definition) is 2. The Kier molecular flexibility index (Phi) is 5.20. The molecule has 1 aromatic carbocycles. The van der Waals surface area contributed by atoms with Crippen LogP contribution in [-0.4, -0.2) is 36.2 Å². The normalized spacial score (nSPS) is 10.6. The molecule has 0 heterocycles. The highest BCUT2D eigenvalue weighted by Gasteiger charge is 2.09. The first-order valence-corrected chi connectivity index (χ1v) is 6.05. The van der Waals surface area contributed by atoms with Crippen molar-refractivity contribution < 1.29 is 4.92 Å². The van der Waals surface area contributed by atoms with Crippen molar-refractivity contribution in [3.63, 3.8) is 0 Å². The highest BCUT2D eigenvalue weighted by molar-refractivity contribution is 7.99. The van der Waals surface area contributed by atoms with Crippen LogP contribution in [0.4, 0.5) is 11.4 Å². The molecular weight excluding hydrogens is 240 g/mol. The Morgan fingerprint density at radius 1 is 1.47 bits per heavy atom. The molecule has 0 saturated heterocycles. The van der Waals surface area contributed by atoms with Gasteiger partial charge >= 0.3 is 0 Å². The van der Waals surface area contributed by atoms with Gasteiger partial charge in [-0.25, -0.2) is 0 Å². The zero-order valence-corrected chi connectivity index (χ0v) is 10.7. The maximum absolute atomic E-state index is 10.7. The lowest BCUT2D eigenvalue weighted by Gasteiger charge is -2.09. The maximum Gasteiger partial charge on any atom is 0.272 e. The van der Waals surface area contributed by atoms with Crippen molar-refractivity contribution in [1.29, 1.82) is 0 Å². The van der Waals surface area contributed by atoms with E-state index in [9.17, 15) is 10.1 Å². The number of nitro groups is 1. The Morgan fingerprint density at radius 2 is 2.18 bits per heavy atom. The van der Waals surface area contributed by atoms with E-state index in [2.05, 4.69) is 10.3 Å². The monoisotopic (exact) mass is 256 g/mol. The van der Waals surface area contributed by atoms with Gasteiger partial charge in [0.1, 0.15) is 0 Å². The van der Waals surface area contributed by atoms with Crippen molar-refractivity contribution in [3.05, 3.63) is 28.3 Å². The highest BCUT2D eigenvalue weighted by atomic mass is 32.2. The number of hydrogen-bond acceptors (Lipinski definition) is 6. The molecule has 0 atom stereocenters. The number of non-ortho nitro benzene ring substituents is 1. The minimum atomic E-state index is -0.420. The van der Waals surface area contributed by atoms with Gasteiger partial charge in [0.05, 0.1) is 10.6 Å². The second kappa shape index (κ2) is 6.43. The molecule has 1 aromatic rings. The summed E-state index contributed by atoms with van der Waals surface area (Å²) in [6.07, 6.45) is 0. The van der Waals surface area contributed by atoms with E-state index < -0.39 is 4.92 Å². The Labute approximate surface area is 104 Å². The number of thioether (sulfide) groups is 1. The zero-order chi connectivity index (χ0) is 12.8. The van der Waals surface area contributed by atoms with Crippen LogP contribution in [0.3, 0.4) is 0 Å². The Bertz CT molecular complexity index is 398. The lowest BCUT2D eigenvalue weighted by Crippen LogP contribution is -2.14. The SMILES string of the molecule is CN(C)CCSc1cc(NN)cc([N+](=O)[O-])c1. The lowest BCUT2D eigenvalue weighted by atomic mass is 10.3. The van der Waals surface area contributed by atoms with Crippen molar-refractivity contribution in [2.45, 2.75) is 4.90 Å². The summed E-state index contributed by atoms with van der Waals surface area (Å²) >= 11 is 1.57. The topological polar surface area (TPSA) is 84.4 Å². The number of hydrazine groups is 1. The molecule has 0 radical (unpaired) electrons. The molecule has 3 N–H and O–H groups in total. The number of nitrogens with two attached hydrogens (primary N) is 1. The van der Waals surface area contributed by atoms with Gasteiger partial charge in [-0.15, -0.1) is 11.8 Å². The van der Waals surface area contributed by atoms with Gasteiger partial charge in [-0.1, -0.05) is 0 Å². The summed E-state index contributed by atoms with van der Waals surface area (Å²) in [5.41, 5.74) is 3.03. The smallest absolute Gasteiger partial charge is 0.272 e. The second-order valence-corrected chi connectivity index (χ2v) is 4.94. The summed E-state index contributed by atoms with van der Waals surface area (Å²) < 4.78 is 0. The van der Waals surface area contributed by atoms with Crippen molar-refractivity contribution in [3.8, 4) is 0 Å². The molecule has 0 bridgehead atoms. The number of anilines is 1. The van der Waals surface area contributed by atoms with Crippen LogP contribution in [0.2, 0.25) is 0 Å². The summed E-state index contributed by atoms with van der Waals surface area (Å²) in [4.78, 5) is 13.2. The minimum Gasteiger partial charge on any atom is -0.324 e. The van der Waals surface area contributed by atoms with E-state index >= 15 is 0 Å². The van der Waals surface area contributed by atoms with Crippen LogP contribution in [-0.2, 0) is 0 Å². The molecule has 17 heavy (non-hydrogen) atoms. The highest BCUT2D eigenvalue weighted by Crippen LogP contribution is 2.27. The summed E-state index contributed by atoms with van der Waals surface area (Å²) in [6, 6.07) is 4.77. The molecule has 0 aliphatic heterocycles. The largest absolute Gasteiger partial charge is 0.324 e. The molecule has 0 aliphatic carbocycles. The van der Waals surface area contributed by atoms with Crippen LogP contribution >= 0.6 is 11.8 Å². The van der Waals surface area contributed by atoms with E-state index in [0.29, 0.717) is 5.69 Å². The third-order valence-corrected chi connectivity index (χ3v) is 3.03. The van der Waals surface area contributed by atoms with E-state index in [1.807, 2.05) is 14.1 Å². The van der Waals surface area contributed by atoms with Crippen LogP contribution in [0.1, 0.15) is 0 Å². The third-order valence-electron chi connectivity index (χ3n) is 2.08. The van der Waals surface area contributed by atoms with E-state index in [1.54, 1.807) is 23.9 Å². The molecule has 7 heteroatoms. The summed E-state index contributed by atoms with van der Waals surface area (Å²) in [5.74, 6) is 6.15. The van der Waals surface area contributed by atoms with Gasteiger partial charge in [0.25, 0.3) is 5.69 Å². The van der Waals surface area contributed by atoms with Crippen molar-refractivity contribution in [2.24, 2.45) is 5.84 Å². The first kappa shape index (κ1) is 13.8. The van der Waals surface area contributed by atoms with Gasteiger partial charge in [-0.05, 0) is 20.2 Å². The average molecular weight is 256 g/mol. The van der Waals surface area contributed by atoms with Gasteiger partial charge < -0.3 is 10.3 Å². The number of rotatable bonds is 6. The number of nitrogens with one attached hydrogen (secondary N) is 1. The second-order valence-electron chi connectivity index (χ2n) is 3.77. The Balaban J connectivity index is 2.76. The first-order valence-electron chi connectivity index (χ1n) is 5.06. The number of nitrogen functional groups attached to an aromatic ring is 1. The molecule has 0 unspecified atom stereocenters. The molecule has 0 saturated carbocycles. The van der Waals surface area contributed by atoms with Crippen molar-refractivity contribution in [1.82, 2.24) is 4.90 Å². The Hall–Kier alpha value is -1.31. The molecule has 0 aliphatic rings. The quantitative estimate of drug-likeness (QED) is 0.347. The molecule has 1 rings (SSSR count). The molecule has 0 aromatic heterocycles. The maximum atomic E-state index is 10.7. The van der Waals surface area contributed by atoms with Gasteiger partial charge in [0.15, 0.2) is 0 Å². The van der Waals surface area contributed by atoms with Gasteiger partial charge in [0.2, 0.25) is 0 Å². The van der Waals surface area contributed by atoms with Crippen LogP contribution in [0.15, 0.2) is 23.1 Å². The van der Waals surface area contributed by atoms with E-state index in [0.717, 1.165) is 17.2 Å². The zero-order valence-electron chi connectivity index (χ0n) is 9.84.